The molecule has 0 unspecified atom stereocenters. The molecular weight excluding hydrogens is 405 g/mol. The first-order chi connectivity index (χ1) is 15.4. The van der Waals surface area contributed by atoms with Gasteiger partial charge in [0.05, 0.1) is 18.0 Å². The maximum atomic E-state index is 15.0. The number of pyridine rings is 1. The van der Waals surface area contributed by atoms with Gasteiger partial charge in [0.2, 0.25) is 0 Å². The third-order valence-electron chi connectivity index (χ3n) is 6.27. The van der Waals surface area contributed by atoms with Crippen molar-refractivity contribution < 1.29 is 9.13 Å². The Bertz CT molecular complexity index is 1320. The van der Waals surface area contributed by atoms with E-state index in [-0.39, 0.29) is 17.8 Å². The Morgan fingerprint density at radius 3 is 2.69 bits per heavy atom. The summed E-state index contributed by atoms with van der Waals surface area (Å²) in [5, 5.41) is 5.05. The van der Waals surface area contributed by atoms with Crippen molar-refractivity contribution in [3.05, 3.63) is 70.7 Å². The van der Waals surface area contributed by atoms with E-state index in [0.717, 1.165) is 40.6 Å². The number of nitrogens with zero attached hydrogens (tertiary/aromatic N) is 5. The maximum absolute atomic E-state index is 15.0. The Kier molecular flexibility index (Phi) is 5.21. The van der Waals surface area contributed by atoms with Crippen molar-refractivity contribution in [3.63, 3.8) is 0 Å². The van der Waals surface area contributed by atoms with E-state index >= 15 is 0 Å². The van der Waals surface area contributed by atoms with Gasteiger partial charge in [-0.3, -0.25) is 4.68 Å². The summed E-state index contributed by atoms with van der Waals surface area (Å²) >= 11 is 0. The number of hydrogen-bond acceptors (Lipinski definition) is 5. The third-order valence-corrected chi connectivity index (χ3v) is 6.27. The first kappa shape index (κ1) is 20.7. The molecule has 5 rings (SSSR count). The van der Waals surface area contributed by atoms with Gasteiger partial charge in [0.15, 0.2) is 5.65 Å². The van der Waals surface area contributed by atoms with Crippen molar-refractivity contribution in [1.29, 1.82) is 0 Å². The SMILES string of the molecule is Cc1ccc(-c2nc([C@H]3CCO[C@@H](c4cnn(C)c4)C3)nc3nc(C)c(C)cc23)c(F)c1. The highest BCUT2D eigenvalue weighted by atomic mass is 19.1. The Morgan fingerprint density at radius 1 is 1.09 bits per heavy atom. The molecule has 3 aromatic heterocycles. The molecule has 2 atom stereocenters. The molecule has 1 aliphatic heterocycles. The van der Waals surface area contributed by atoms with E-state index in [9.17, 15) is 4.39 Å². The van der Waals surface area contributed by atoms with Gasteiger partial charge >= 0.3 is 0 Å². The molecular formula is C25H26FN5O. The summed E-state index contributed by atoms with van der Waals surface area (Å²) in [5.41, 5.74) is 5.55. The van der Waals surface area contributed by atoms with E-state index in [1.165, 1.54) is 0 Å². The molecule has 0 saturated carbocycles. The Balaban J connectivity index is 1.62. The van der Waals surface area contributed by atoms with Gasteiger partial charge in [-0.05, 0) is 62.9 Å². The topological polar surface area (TPSA) is 65.7 Å². The van der Waals surface area contributed by atoms with Crippen LogP contribution in [-0.4, -0.2) is 31.3 Å². The van der Waals surface area contributed by atoms with E-state index in [0.29, 0.717) is 29.3 Å². The molecule has 0 bridgehead atoms. The molecule has 1 aliphatic rings. The quantitative estimate of drug-likeness (QED) is 0.450. The lowest BCUT2D eigenvalue weighted by Crippen LogP contribution is -2.20. The van der Waals surface area contributed by atoms with E-state index in [4.69, 9.17) is 19.7 Å². The second-order valence-electron chi connectivity index (χ2n) is 8.70. The van der Waals surface area contributed by atoms with Crippen LogP contribution >= 0.6 is 0 Å². The van der Waals surface area contributed by atoms with E-state index < -0.39 is 0 Å². The lowest BCUT2D eigenvalue weighted by Gasteiger charge is -2.28. The van der Waals surface area contributed by atoms with Crippen LogP contribution in [0.3, 0.4) is 0 Å². The average Bonchev–Trinajstić information content (AvgIpc) is 3.21. The summed E-state index contributed by atoms with van der Waals surface area (Å²) in [5.74, 6) is 0.504. The molecule has 0 spiro atoms. The number of aromatic nitrogens is 5. The second-order valence-corrected chi connectivity index (χ2v) is 8.70. The smallest absolute Gasteiger partial charge is 0.163 e. The fourth-order valence-electron chi connectivity index (χ4n) is 4.33. The van der Waals surface area contributed by atoms with Gasteiger partial charge in [-0.25, -0.2) is 19.3 Å². The van der Waals surface area contributed by atoms with Gasteiger partial charge in [-0.2, -0.15) is 5.10 Å². The highest BCUT2D eigenvalue weighted by molar-refractivity contribution is 5.91. The minimum atomic E-state index is -0.283. The van der Waals surface area contributed by atoms with Crippen LogP contribution in [0.15, 0.2) is 36.7 Å². The molecule has 0 aliphatic carbocycles. The summed E-state index contributed by atoms with van der Waals surface area (Å²) in [6.07, 6.45) is 5.32. The number of rotatable bonds is 3. The molecule has 6 nitrogen and oxygen atoms in total. The van der Waals surface area contributed by atoms with Crippen molar-refractivity contribution >= 4 is 11.0 Å². The van der Waals surface area contributed by atoms with E-state index in [1.54, 1.807) is 16.8 Å². The first-order valence-electron chi connectivity index (χ1n) is 10.9. The zero-order valence-electron chi connectivity index (χ0n) is 18.8. The number of fused-ring (bicyclic) bond motifs is 1. The van der Waals surface area contributed by atoms with Crippen LogP contribution < -0.4 is 0 Å². The average molecular weight is 432 g/mol. The van der Waals surface area contributed by atoms with Gasteiger partial charge in [0, 0.05) is 48.0 Å². The fraction of sp³-hybridized carbons (Fsp3) is 0.360. The molecule has 1 saturated heterocycles. The van der Waals surface area contributed by atoms with E-state index in [1.807, 2.05) is 52.3 Å². The number of ether oxygens (including phenoxy) is 1. The largest absolute Gasteiger partial charge is 0.373 e. The van der Waals surface area contributed by atoms with Crippen molar-refractivity contribution in [2.75, 3.05) is 6.61 Å². The Morgan fingerprint density at radius 2 is 1.94 bits per heavy atom. The van der Waals surface area contributed by atoms with Crippen molar-refractivity contribution in [3.8, 4) is 11.3 Å². The molecule has 4 heterocycles. The monoisotopic (exact) mass is 431 g/mol. The fourth-order valence-corrected chi connectivity index (χ4v) is 4.33. The maximum Gasteiger partial charge on any atom is 0.163 e. The van der Waals surface area contributed by atoms with Crippen molar-refractivity contribution in [2.45, 2.75) is 45.6 Å². The molecule has 0 N–H and O–H groups in total. The van der Waals surface area contributed by atoms with Gasteiger partial charge in [0.1, 0.15) is 11.6 Å². The normalized spacial score (nSPS) is 18.9. The highest BCUT2D eigenvalue weighted by Gasteiger charge is 2.29. The number of halogens is 1. The van der Waals surface area contributed by atoms with E-state index in [2.05, 4.69) is 5.10 Å². The molecule has 0 radical (unpaired) electrons. The van der Waals surface area contributed by atoms with Crippen molar-refractivity contribution in [1.82, 2.24) is 24.7 Å². The molecule has 0 amide bonds. The lowest BCUT2D eigenvalue weighted by molar-refractivity contribution is 0.00398. The summed E-state index contributed by atoms with van der Waals surface area (Å²) in [4.78, 5) is 14.5. The third kappa shape index (κ3) is 3.77. The van der Waals surface area contributed by atoms with Gasteiger partial charge in [0.25, 0.3) is 0 Å². The molecule has 1 fully saturated rings. The van der Waals surface area contributed by atoms with Crippen LogP contribution in [0.5, 0.6) is 0 Å². The summed E-state index contributed by atoms with van der Waals surface area (Å²) < 4.78 is 22.8. The minimum Gasteiger partial charge on any atom is -0.373 e. The zero-order chi connectivity index (χ0) is 22.4. The Hall–Kier alpha value is -3.19. The molecule has 1 aromatic carbocycles. The number of benzene rings is 1. The predicted octanol–water partition coefficient (Wildman–Crippen LogP) is 5.12. The summed E-state index contributed by atoms with van der Waals surface area (Å²) in [6.45, 7) is 6.46. The second kappa shape index (κ2) is 8.06. The van der Waals surface area contributed by atoms with Crippen molar-refractivity contribution in [2.24, 2.45) is 7.05 Å². The standard InChI is InChI=1S/C25H26FN5O/c1-14-5-6-19(21(26)9-14)23-20-10-15(2)16(3)28-25(20)30-24(29-23)17-7-8-32-22(11-17)18-12-27-31(4)13-18/h5-6,9-10,12-13,17,22H,7-8,11H2,1-4H3/t17-,22+/m0/s1. The number of hydrogen-bond donors (Lipinski definition) is 0. The summed E-state index contributed by atoms with van der Waals surface area (Å²) in [6, 6.07) is 7.27. The lowest BCUT2D eigenvalue weighted by atomic mass is 9.92. The Labute approximate surface area is 186 Å². The van der Waals surface area contributed by atoms with Gasteiger partial charge < -0.3 is 4.74 Å². The van der Waals surface area contributed by atoms with Crippen LogP contribution in [0.4, 0.5) is 4.39 Å². The van der Waals surface area contributed by atoms with Crippen LogP contribution in [0, 0.1) is 26.6 Å². The molecule has 7 heteroatoms. The molecule has 32 heavy (non-hydrogen) atoms. The van der Waals surface area contributed by atoms with Gasteiger partial charge in [-0.15, -0.1) is 0 Å². The first-order valence-corrected chi connectivity index (χ1v) is 10.9. The highest BCUT2D eigenvalue weighted by Crippen LogP contribution is 2.38. The van der Waals surface area contributed by atoms with Crippen LogP contribution in [0.25, 0.3) is 22.3 Å². The molecule has 4 aromatic rings. The van der Waals surface area contributed by atoms with Crippen LogP contribution in [0.2, 0.25) is 0 Å². The van der Waals surface area contributed by atoms with Crippen LogP contribution in [-0.2, 0) is 11.8 Å². The molecule has 164 valence electrons. The predicted molar refractivity (Wildman–Crippen MR) is 121 cm³/mol. The minimum absolute atomic E-state index is 0.0611. The van der Waals surface area contributed by atoms with Gasteiger partial charge in [-0.1, -0.05) is 6.07 Å². The van der Waals surface area contributed by atoms with Crippen LogP contribution in [0.1, 0.15) is 53.1 Å². The number of aryl methyl sites for hydroxylation is 4. The summed E-state index contributed by atoms with van der Waals surface area (Å²) in [7, 11) is 1.90. The zero-order valence-corrected chi connectivity index (χ0v) is 18.8.